The Kier molecular flexibility index (Phi) is 10.7. The van der Waals surface area contributed by atoms with E-state index in [0.29, 0.717) is 17.0 Å². The number of carbonyl (C=O) groups is 3. The van der Waals surface area contributed by atoms with E-state index in [1.54, 1.807) is 66.0 Å². The molecule has 0 aliphatic heterocycles. The highest BCUT2D eigenvalue weighted by Gasteiger charge is 2.37. The van der Waals surface area contributed by atoms with Gasteiger partial charge in [-0.15, -0.1) is 0 Å². The zero-order valence-corrected chi connectivity index (χ0v) is 23.6. The van der Waals surface area contributed by atoms with Crippen molar-refractivity contribution in [1.82, 2.24) is 10.2 Å². The van der Waals surface area contributed by atoms with Gasteiger partial charge in [0.2, 0.25) is 5.91 Å². The monoisotopic (exact) mass is 527 g/mol. The maximum absolute atomic E-state index is 13.9. The quantitative estimate of drug-likeness (QED) is 0.423. The van der Waals surface area contributed by atoms with Crippen molar-refractivity contribution in [3.05, 3.63) is 59.2 Å². The number of nitrogens with one attached hydrogen (secondary N) is 2. The van der Waals surface area contributed by atoms with Crippen molar-refractivity contribution in [3.8, 4) is 5.75 Å². The first kappa shape index (κ1) is 30.6. The van der Waals surface area contributed by atoms with Crippen molar-refractivity contribution in [3.63, 3.8) is 0 Å². The van der Waals surface area contributed by atoms with Crippen molar-refractivity contribution in [2.24, 2.45) is 5.92 Å². The molecule has 0 aliphatic rings. The fraction of sp³-hybridized carbons (Fsp3) is 0.483. The lowest BCUT2D eigenvalue weighted by molar-refractivity contribution is -0.142. The molecule has 0 heterocycles. The molecule has 0 saturated carbocycles. The number of ether oxygens (including phenoxy) is 2. The fourth-order valence-electron chi connectivity index (χ4n) is 4.13. The van der Waals surface area contributed by atoms with Crippen LogP contribution in [0.25, 0.3) is 0 Å². The number of hydrogen-bond donors (Lipinski definition) is 3. The Hall–Kier alpha value is -3.59. The minimum atomic E-state index is -1.07. The number of aliphatic hydroxyl groups excluding tert-OH is 1. The molecule has 3 amide bonds. The summed E-state index contributed by atoms with van der Waals surface area (Å²) < 4.78 is 10.6. The molecule has 38 heavy (non-hydrogen) atoms. The summed E-state index contributed by atoms with van der Waals surface area (Å²) in [4.78, 5) is 41.6. The van der Waals surface area contributed by atoms with Crippen LogP contribution in [0.2, 0.25) is 0 Å². The van der Waals surface area contributed by atoms with Gasteiger partial charge in [-0.3, -0.25) is 9.59 Å². The number of amides is 3. The number of methoxy groups -OCH3 is 1. The third kappa shape index (κ3) is 8.76. The molecule has 0 spiro atoms. The predicted octanol–water partition coefficient (Wildman–Crippen LogP) is 4.36. The molecule has 2 atom stereocenters. The lowest BCUT2D eigenvalue weighted by atomic mass is 9.96. The summed E-state index contributed by atoms with van der Waals surface area (Å²) in [5.41, 5.74) is 2.21. The van der Waals surface area contributed by atoms with E-state index >= 15 is 0 Å². The Morgan fingerprint density at radius 3 is 2.05 bits per heavy atom. The zero-order valence-electron chi connectivity index (χ0n) is 23.6. The standard InChI is InChI=1S/C29H41N3O6/c1-18(2)24(31-28(36)38-29(5,6)7)27(35)32(13-14-33)25(21-16-19(3)15-20(4)17-21)26(34)30-22-9-11-23(37-8)12-10-22/h9-12,15-18,24-25,33H,13-14H2,1-8H3,(H,30,34)(H,31,36). The highest BCUT2D eigenvalue weighted by Crippen LogP contribution is 2.27. The molecule has 0 radical (unpaired) electrons. The summed E-state index contributed by atoms with van der Waals surface area (Å²) in [7, 11) is 1.55. The number of alkyl carbamates (subject to hydrolysis) is 1. The first-order valence-corrected chi connectivity index (χ1v) is 12.7. The highest BCUT2D eigenvalue weighted by atomic mass is 16.6. The molecule has 2 unspecified atom stereocenters. The van der Waals surface area contributed by atoms with Gasteiger partial charge in [-0.05, 0) is 70.4 Å². The van der Waals surface area contributed by atoms with Gasteiger partial charge in [0.25, 0.3) is 5.91 Å². The summed E-state index contributed by atoms with van der Waals surface area (Å²) in [6.45, 7) is 12.1. The van der Waals surface area contributed by atoms with E-state index in [-0.39, 0.29) is 19.1 Å². The van der Waals surface area contributed by atoms with Crippen molar-refractivity contribution in [2.75, 3.05) is 25.6 Å². The van der Waals surface area contributed by atoms with Gasteiger partial charge in [0.15, 0.2) is 0 Å². The van der Waals surface area contributed by atoms with E-state index in [9.17, 15) is 19.5 Å². The number of nitrogens with zero attached hydrogens (tertiary/aromatic N) is 1. The molecule has 0 aliphatic carbocycles. The third-order valence-electron chi connectivity index (χ3n) is 5.71. The molecule has 0 bridgehead atoms. The van der Waals surface area contributed by atoms with Gasteiger partial charge in [-0.1, -0.05) is 43.2 Å². The second kappa shape index (κ2) is 13.3. The van der Waals surface area contributed by atoms with Crippen LogP contribution in [0, 0.1) is 19.8 Å². The van der Waals surface area contributed by atoms with Gasteiger partial charge in [0.05, 0.1) is 13.7 Å². The molecule has 0 aromatic heterocycles. The third-order valence-corrected chi connectivity index (χ3v) is 5.71. The minimum Gasteiger partial charge on any atom is -0.497 e. The van der Waals surface area contributed by atoms with Gasteiger partial charge in [0.1, 0.15) is 23.4 Å². The van der Waals surface area contributed by atoms with Gasteiger partial charge in [0, 0.05) is 12.2 Å². The van der Waals surface area contributed by atoms with E-state index in [1.165, 1.54) is 4.90 Å². The number of hydrogen-bond acceptors (Lipinski definition) is 6. The van der Waals surface area contributed by atoms with Crippen molar-refractivity contribution >= 4 is 23.6 Å². The smallest absolute Gasteiger partial charge is 0.408 e. The Labute approximate surface area is 225 Å². The summed E-state index contributed by atoms with van der Waals surface area (Å²) in [6.07, 6.45) is -0.737. The van der Waals surface area contributed by atoms with Crippen LogP contribution in [0.1, 0.15) is 57.4 Å². The van der Waals surface area contributed by atoms with Crippen LogP contribution < -0.4 is 15.4 Å². The van der Waals surface area contributed by atoms with Gasteiger partial charge in [-0.25, -0.2) is 4.79 Å². The fourth-order valence-corrected chi connectivity index (χ4v) is 4.13. The molecular formula is C29H41N3O6. The van der Waals surface area contributed by atoms with Crippen LogP contribution in [-0.4, -0.2) is 59.8 Å². The van der Waals surface area contributed by atoms with Crippen molar-refractivity contribution in [1.29, 1.82) is 0 Å². The zero-order chi connectivity index (χ0) is 28.6. The molecule has 0 saturated heterocycles. The van der Waals surface area contributed by atoms with Crippen molar-refractivity contribution in [2.45, 2.75) is 66.2 Å². The Balaban J connectivity index is 2.51. The predicted molar refractivity (Wildman–Crippen MR) is 147 cm³/mol. The number of anilines is 1. The van der Waals surface area contributed by atoms with E-state index in [4.69, 9.17) is 9.47 Å². The van der Waals surface area contributed by atoms with E-state index in [2.05, 4.69) is 10.6 Å². The lowest BCUT2D eigenvalue weighted by Crippen LogP contribution is -2.55. The summed E-state index contributed by atoms with van der Waals surface area (Å²) >= 11 is 0. The summed E-state index contributed by atoms with van der Waals surface area (Å²) in [5, 5.41) is 15.5. The second-order valence-electron chi connectivity index (χ2n) is 10.7. The van der Waals surface area contributed by atoms with Crippen LogP contribution in [0.3, 0.4) is 0 Å². The van der Waals surface area contributed by atoms with Gasteiger partial charge in [-0.2, -0.15) is 0 Å². The van der Waals surface area contributed by atoms with Crippen LogP contribution in [0.15, 0.2) is 42.5 Å². The normalized spacial score (nSPS) is 12.9. The van der Waals surface area contributed by atoms with E-state index < -0.39 is 35.6 Å². The second-order valence-corrected chi connectivity index (χ2v) is 10.7. The SMILES string of the molecule is COc1ccc(NC(=O)C(c2cc(C)cc(C)c2)N(CCO)C(=O)C(NC(=O)OC(C)(C)C)C(C)C)cc1. The van der Waals surface area contributed by atoms with Gasteiger partial charge < -0.3 is 30.1 Å². The Morgan fingerprint density at radius 1 is 1.00 bits per heavy atom. The molecule has 3 N–H and O–H groups in total. The average Bonchev–Trinajstić information content (AvgIpc) is 2.80. The molecular weight excluding hydrogens is 486 g/mol. The number of carbonyl (C=O) groups excluding carboxylic acids is 3. The Morgan fingerprint density at radius 2 is 1.58 bits per heavy atom. The molecule has 208 valence electrons. The van der Waals surface area contributed by atoms with Crippen LogP contribution in [0.5, 0.6) is 5.75 Å². The van der Waals surface area contributed by atoms with Crippen LogP contribution in [-0.2, 0) is 14.3 Å². The first-order valence-electron chi connectivity index (χ1n) is 12.7. The number of aliphatic hydroxyl groups is 1. The summed E-state index contributed by atoms with van der Waals surface area (Å²) in [6, 6.07) is 10.4. The number of benzene rings is 2. The maximum atomic E-state index is 13.9. The maximum Gasteiger partial charge on any atom is 0.408 e. The largest absolute Gasteiger partial charge is 0.497 e. The molecule has 9 nitrogen and oxygen atoms in total. The topological polar surface area (TPSA) is 117 Å². The minimum absolute atomic E-state index is 0.119. The molecule has 2 aromatic carbocycles. The summed E-state index contributed by atoms with van der Waals surface area (Å²) in [5.74, 6) is -0.643. The molecule has 2 rings (SSSR count). The molecule has 2 aromatic rings. The molecule has 0 fully saturated rings. The lowest BCUT2D eigenvalue weighted by Gasteiger charge is -2.35. The average molecular weight is 528 g/mol. The highest BCUT2D eigenvalue weighted by molar-refractivity contribution is 5.99. The number of rotatable bonds is 10. The number of aryl methyl sites for hydroxylation is 2. The van der Waals surface area contributed by atoms with Gasteiger partial charge >= 0.3 is 6.09 Å². The first-order chi connectivity index (χ1) is 17.7. The molecule has 9 heteroatoms. The van der Waals surface area contributed by atoms with Crippen LogP contribution >= 0.6 is 0 Å². The Bertz CT molecular complexity index is 1090. The van der Waals surface area contributed by atoms with E-state index in [0.717, 1.165) is 11.1 Å². The van der Waals surface area contributed by atoms with E-state index in [1.807, 2.05) is 32.0 Å². The van der Waals surface area contributed by atoms with Crippen LogP contribution in [0.4, 0.5) is 10.5 Å². The van der Waals surface area contributed by atoms with Crippen molar-refractivity contribution < 1.29 is 29.0 Å².